The van der Waals surface area contributed by atoms with E-state index in [0.29, 0.717) is 16.3 Å². The number of aromatic nitrogens is 1. The molecule has 1 fully saturated rings. The van der Waals surface area contributed by atoms with Crippen LogP contribution in [0.4, 0.5) is 4.39 Å². The predicted octanol–water partition coefficient (Wildman–Crippen LogP) is 3.89. The van der Waals surface area contributed by atoms with Crippen molar-refractivity contribution >= 4 is 17.6 Å². The topological polar surface area (TPSA) is 101 Å². The number of halogens is 2. The van der Waals surface area contributed by atoms with Crippen LogP contribution < -0.4 is 4.74 Å². The maximum atomic E-state index is 14.0. The van der Waals surface area contributed by atoms with E-state index in [1.165, 1.54) is 0 Å². The third-order valence-corrected chi connectivity index (χ3v) is 5.64. The predicted molar refractivity (Wildman–Crippen MR) is 102 cm³/mol. The van der Waals surface area contributed by atoms with Gasteiger partial charge in [0.15, 0.2) is 5.75 Å². The van der Waals surface area contributed by atoms with Crippen LogP contribution >= 0.6 is 11.6 Å². The summed E-state index contributed by atoms with van der Waals surface area (Å²) in [5, 5.41) is 10.0. The molecule has 1 aromatic heterocycles. The molecule has 8 nitrogen and oxygen atoms in total. The Bertz CT molecular complexity index is 986. The Morgan fingerprint density at radius 3 is 2.77 bits per heavy atom. The Morgan fingerprint density at radius 1 is 1.33 bits per heavy atom. The first-order valence-electron chi connectivity index (χ1n) is 9.36. The first-order chi connectivity index (χ1) is 14.3. The van der Waals surface area contributed by atoms with Crippen molar-refractivity contribution in [3.8, 4) is 5.75 Å². The van der Waals surface area contributed by atoms with Crippen molar-refractivity contribution in [1.82, 2.24) is 4.98 Å². The molecule has 1 aromatic carbocycles. The third-order valence-electron chi connectivity index (χ3n) is 5.39. The average Bonchev–Trinajstić information content (AvgIpc) is 3.28. The normalized spacial score (nSPS) is 25.0. The number of nitrogens with zero attached hydrogens (tertiary/aromatic N) is 2. The molecule has 0 radical (unpaired) electrons. The van der Waals surface area contributed by atoms with Gasteiger partial charge in [-0.3, -0.25) is 9.78 Å². The molecule has 0 bridgehead atoms. The molecule has 30 heavy (non-hydrogen) atoms. The summed E-state index contributed by atoms with van der Waals surface area (Å²) in [6, 6.07) is 7.22. The molecule has 1 aliphatic heterocycles. The summed E-state index contributed by atoms with van der Waals surface area (Å²) in [5.41, 5.74) is 2.85. The highest BCUT2D eigenvalue weighted by Crippen LogP contribution is 2.41. The molecule has 0 unspecified atom stereocenters. The summed E-state index contributed by atoms with van der Waals surface area (Å²) < 4.78 is 25.5. The third kappa shape index (κ3) is 3.95. The Balaban J connectivity index is 1.54. The SMILES string of the molecule is Cc1ncc2c(c1OC(=O)[C@@H]1C[C@@H](F)[C@H](O[N+](=O)[O-])C1)CO[C@H]2c1ccc(Cl)cc1. The van der Waals surface area contributed by atoms with Gasteiger partial charge in [-0.25, -0.2) is 4.39 Å². The molecular formula is C20H18ClFN2O6. The van der Waals surface area contributed by atoms with E-state index in [9.17, 15) is 19.3 Å². The van der Waals surface area contributed by atoms with Crippen LogP contribution in [0.1, 0.15) is 41.3 Å². The first-order valence-corrected chi connectivity index (χ1v) is 9.73. The lowest BCUT2D eigenvalue weighted by Gasteiger charge is -2.15. The van der Waals surface area contributed by atoms with E-state index in [1.54, 1.807) is 25.3 Å². The Kier molecular flexibility index (Phi) is 5.57. The summed E-state index contributed by atoms with van der Waals surface area (Å²) in [7, 11) is 0. The summed E-state index contributed by atoms with van der Waals surface area (Å²) in [6.45, 7) is 1.92. The molecule has 4 atom stereocenters. The molecule has 2 heterocycles. The molecule has 158 valence electrons. The van der Waals surface area contributed by atoms with Crippen molar-refractivity contribution in [2.45, 2.75) is 44.8 Å². The fourth-order valence-corrected chi connectivity index (χ4v) is 4.00. The van der Waals surface area contributed by atoms with Crippen LogP contribution in [0.5, 0.6) is 5.75 Å². The molecule has 4 rings (SSSR count). The summed E-state index contributed by atoms with van der Waals surface area (Å²) in [5.74, 6) is -1.22. The summed E-state index contributed by atoms with van der Waals surface area (Å²) in [6.07, 6.45) is -1.87. The summed E-state index contributed by atoms with van der Waals surface area (Å²) in [4.78, 5) is 31.8. The first kappa shape index (κ1) is 20.5. The molecule has 10 heteroatoms. The number of alkyl halides is 1. The van der Waals surface area contributed by atoms with Gasteiger partial charge in [-0.2, -0.15) is 0 Å². The highest BCUT2D eigenvalue weighted by atomic mass is 35.5. The van der Waals surface area contributed by atoms with E-state index in [1.807, 2.05) is 12.1 Å². The largest absolute Gasteiger partial charge is 0.424 e. The van der Waals surface area contributed by atoms with Crippen molar-refractivity contribution < 1.29 is 28.6 Å². The lowest BCUT2D eigenvalue weighted by molar-refractivity contribution is -0.769. The van der Waals surface area contributed by atoms with Gasteiger partial charge in [0.05, 0.1) is 18.2 Å². The smallest absolute Gasteiger partial charge is 0.314 e. The van der Waals surface area contributed by atoms with Crippen LogP contribution in [0.3, 0.4) is 0 Å². The van der Waals surface area contributed by atoms with E-state index in [2.05, 4.69) is 9.82 Å². The zero-order valence-electron chi connectivity index (χ0n) is 15.9. The minimum absolute atomic E-state index is 0.119. The standard InChI is InChI=1S/C20H18ClFN2O6/c1-10-18(29-20(25)12-6-16(22)17(7-12)30-24(26)27)15-9-28-19(14(15)8-23-10)11-2-4-13(21)5-3-11/h2-5,8,12,16-17,19H,6-7,9H2,1H3/t12-,16-,17-,19+/m1/s1. The van der Waals surface area contributed by atoms with E-state index >= 15 is 0 Å². The number of ether oxygens (including phenoxy) is 2. The van der Waals surface area contributed by atoms with Gasteiger partial charge in [0, 0.05) is 22.3 Å². The fraction of sp³-hybridized carbons (Fsp3) is 0.400. The number of carbonyl (C=O) groups is 1. The van der Waals surface area contributed by atoms with Crippen LogP contribution in [0.25, 0.3) is 0 Å². The number of hydrogen-bond donors (Lipinski definition) is 0. The number of fused-ring (bicyclic) bond motifs is 1. The van der Waals surface area contributed by atoms with Gasteiger partial charge in [-0.05, 0) is 37.5 Å². The number of benzene rings is 1. The van der Waals surface area contributed by atoms with Gasteiger partial charge in [-0.15, -0.1) is 10.1 Å². The quantitative estimate of drug-likeness (QED) is 0.398. The van der Waals surface area contributed by atoms with Crippen LogP contribution in [-0.2, 0) is 21.0 Å². The maximum Gasteiger partial charge on any atom is 0.314 e. The number of hydrogen-bond acceptors (Lipinski definition) is 7. The number of esters is 1. The highest BCUT2D eigenvalue weighted by molar-refractivity contribution is 6.30. The molecular weight excluding hydrogens is 419 g/mol. The number of pyridine rings is 1. The Hall–Kier alpha value is -2.78. The van der Waals surface area contributed by atoms with E-state index < -0.39 is 29.2 Å². The van der Waals surface area contributed by atoms with Crippen LogP contribution in [-0.4, -0.2) is 28.3 Å². The Labute approximate surface area is 176 Å². The number of rotatable bonds is 5. The van der Waals surface area contributed by atoms with Gasteiger partial charge in [0.1, 0.15) is 18.4 Å². The van der Waals surface area contributed by atoms with Gasteiger partial charge in [-0.1, -0.05) is 23.7 Å². The molecule has 2 aromatic rings. The van der Waals surface area contributed by atoms with Gasteiger partial charge >= 0.3 is 5.97 Å². The molecule has 2 aliphatic rings. The minimum Gasteiger partial charge on any atom is -0.424 e. The molecule has 1 saturated carbocycles. The number of aryl methyl sites for hydroxylation is 1. The second-order valence-corrected chi connectivity index (χ2v) is 7.76. The van der Waals surface area contributed by atoms with E-state index in [4.69, 9.17) is 21.1 Å². The zero-order chi connectivity index (χ0) is 21.4. The average molecular weight is 437 g/mol. The number of carbonyl (C=O) groups excluding carboxylic acids is 1. The molecule has 0 spiro atoms. The Morgan fingerprint density at radius 2 is 2.07 bits per heavy atom. The highest BCUT2D eigenvalue weighted by Gasteiger charge is 2.42. The van der Waals surface area contributed by atoms with Crippen molar-refractivity contribution in [2.24, 2.45) is 5.92 Å². The molecule has 0 saturated heterocycles. The van der Waals surface area contributed by atoms with Gasteiger partial charge in [0.2, 0.25) is 0 Å². The van der Waals surface area contributed by atoms with Crippen LogP contribution in [0.2, 0.25) is 5.02 Å². The molecule has 0 N–H and O–H groups in total. The van der Waals surface area contributed by atoms with E-state index in [0.717, 1.165) is 11.1 Å². The second-order valence-electron chi connectivity index (χ2n) is 7.32. The lowest BCUT2D eigenvalue weighted by atomic mass is 10.00. The van der Waals surface area contributed by atoms with Crippen molar-refractivity contribution in [2.75, 3.05) is 0 Å². The van der Waals surface area contributed by atoms with Crippen LogP contribution in [0.15, 0.2) is 30.5 Å². The maximum absolute atomic E-state index is 14.0. The minimum atomic E-state index is -1.61. The monoisotopic (exact) mass is 436 g/mol. The van der Waals surface area contributed by atoms with Crippen molar-refractivity contribution in [1.29, 1.82) is 0 Å². The van der Waals surface area contributed by atoms with Crippen LogP contribution in [0, 0.1) is 23.0 Å². The molecule has 0 amide bonds. The zero-order valence-corrected chi connectivity index (χ0v) is 16.7. The lowest BCUT2D eigenvalue weighted by Crippen LogP contribution is -2.23. The van der Waals surface area contributed by atoms with E-state index in [-0.39, 0.29) is 31.3 Å². The van der Waals surface area contributed by atoms with Gasteiger partial charge < -0.3 is 14.3 Å². The van der Waals surface area contributed by atoms with Gasteiger partial charge in [0.25, 0.3) is 5.09 Å². The molecule has 1 aliphatic carbocycles. The fourth-order valence-electron chi connectivity index (χ4n) is 3.88. The summed E-state index contributed by atoms with van der Waals surface area (Å²) >= 11 is 5.95. The van der Waals surface area contributed by atoms with Crippen molar-refractivity contribution in [3.63, 3.8) is 0 Å². The van der Waals surface area contributed by atoms with Crippen molar-refractivity contribution in [3.05, 3.63) is 68.0 Å². The second kappa shape index (κ2) is 8.16.